The van der Waals surface area contributed by atoms with Crippen molar-refractivity contribution < 1.29 is 13.2 Å². The van der Waals surface area contributed by atoms with Crippen LogP contribution in [0.25, 0.3) is 0 Å². The summed E-state index contributed by atoms with van der Waals surface area (Å²) < 4.78 is 29.3. The lowest BCUT2D eigenvalue weighted by Crippen LogP contribution is -2.51. The van der Waals surface area contributed by atoms with Crippen LogP contribution in [0.15, 0.2) is 12.4 Å². The number of ether oxygens (including phenoxy) is 1. The molecule has 0 saturated carbocycles. The number of rotatable bonds is 3. The van der Waals surface area contributed by atoms with Crippen LogP contribution < -0.4 is 10.0 Å². The number of sulfonamides is 1. The van der Waals surface area contributed by atoms with Crippen molar-refractivity contribution in [3.8, 4) is 0 Å². The molecule has 2 atom stereocenters. The number of methoxy groups -OCH3 is 1. The molecule has 0 aromatic carbocycles. The third-order valence-electron chi connectivity index (χ3n) is 3.06. The molecule has 0 spiro atoms. The van der Waals surface area contributed by atoms with Crippen LogP contribution in [0.2, 0.25) is 0 Å². The van der Waals surface area contributed by atoms with Gasteiger partial charge in [0.1, 0.15) is 0 Å². The van der Waals surface area contributed by atoms with Crippen LogP contribution in [0.4, 0.5) is 5.95 Å². The van der Waals surface area contributed by atoms with E-state index in [1.54, 1.807) is 24.4 Å². The van der Waals surface area contributed by atoms with Crippen molar-refractivity contribution in [1.82, 2.24) is 9.97 Å². The van der Waals surface area contributed by atoms with Crippen LogP contribution in [-0.4, -0.2) is 49.9 Å². The largest absolute Gasteiger partial charge is 0.380 e. The first kappa shape index (κ1) is 14.9. The number of hydrogen-bond acceptors (Lipinski definition) is 6. The fourth-order valence-electron chi connectivity index (χ4n) is 2.05. The quantitative estimate of drug-likeness (QED) is 0.718. The normalized spacial score (nSPS) is 24.5. The van der Waals surface area contributed by atoms with E-state index >= 15 is 0 Å². The summed E-state index contributed by atoms with van der Waals surface area (Å²) in [6.07, 6.45) is 3.58. The summed E-state index contributed by atoms with van der Waals surface area (Å²) in [7, 11) is -2.04. The van der Waals surface area contributed by atoms with Gasteiger partial charge in [0.05, 0.1) is 11.4 Å². The van der Waals surface area contributed by atoms with Gasteiger partial charge < -0.3 is 9.64 Å². The van der Waals surface area contributed by atoms with Crippen LogP contribution in [0.3, 0.4) is 0 Å². The summed E-state index contributed by atoms with van der Waals surface area (Å²) in [5.41, 5.74) is 0. The van der Waals surface area contributed by atoms with E-state index < -0.39 is 15.3 Å². The highest BCUT2D eigenvalue weighted by molar-refractivity contribution is 14.1. The van der Waals surface area contributed by atoms with Crippen molar-refractivity contribution in [1.29, 1.82) is 0 Å². The van der Waals surface area contributed by atoms with Gasteiger partial charge in [-0.1, -0.05) is 0 Å². The van der Waals surface area contributed by atoms with Crippen LogP contribution in [0.1, 0.15) is 6.42 Å². The van der Waals surface area contributed by atoms with Gasteiger partial charge in [-0.2, -0.15) is 0 Å². The highest BCUT2D eigenvalue weighted by atomic mass is 127. The predicted molar refractivity (Wildman–Crippen MR) is 79.3 cm³/mol. The Morgan fingerprint density at radius 1 is 1.42 bits per heavy atom. The summed E-state index contributed by atoms with van der Waals surface area (Å²) in [4.78, 5) is 10.2. The Balaban J connectivity index is 2.22. The molecule has 7 nitrogen and oxygen atoms in total. The fourth-order valence-corrected chi connectivity index (χ4v) is 3.20. The number of primary sulfonamides is 1. The summed E-state index contributed by atoms with van der Waals surface area (Å²) in [5, 5.41) is 4.58. The van der Waals surface area contributed by atoms with E-state index in [2.05, 4.69) is 32.6 Å². The van der Waals surface area contributed by atoms with Crippen LogP contribution in [-0.2, 0) is 14.8 Å². The van der Waals surface area contributed by atoms with Crippen molar-refractivity contribution >= 4 is 38.6 Å². The van der Waals surface area contributed by atoms with Gasteiger partial charge in [0.2, 0.25) is 16.0 Å². The number of halogens is 1. The van der Waals surface area contributed by atoms with Crippen LogP contribution in [0.5, 0.6) is 0 Å². The monoisotopic (exact) mass is 398 g/mol. The van der Waals surface area contributed by atoms with Gasteiger partial charge in [0.25, 0.3) is 0 Å². The fraction of sp³-hybridized carbons (Fsp3) is 0.600. The predicted octanol–water partition coefficient (Wildman–Crippen LogP) is -0.0366. The van der Waals surface area contributed by atoms with Gasteiger partial charge in [-0.3, -0.25) is 0 Å². The molecule has 19 heavy (non-hydrogen) atoms. The van der Waals surface area contributed by atoms with Crippen molar-refractivity contribution in [2.75, 3.05) is 25.1 Å². The lowest BCUT2D eigenvalue weighted by Gasteiger charge is -2.35. The first-order valence-electron chi connectivity index (χ1n) is 5.67. The van der Waals surface area contributed by atoms with Gasteiger partial charge >= 0.3 is 0 Å². The molecular weight excluding hydrogens is 383 g/mol. The minimum absolute atomic E-state index is 0.194. The molecule has 9 heteroatoms. The Kier molecular flexibility index (Phi) is 4.58. The van der Waals surface area contributed by atoms with Crippen molar-refractivity contribution in [2.45, 2.75) is 17.8 Å². The first-order valence-corrected chi connectivity index (χ1v) is 8.36. The molecule has 1 aromatic rings. The highest BCUT2D eigenvalue weighted by Gasteiger charge is 2.34. The number of piperidine rings is 1. The second-order valence-corrected chi connectivity index (χ2v) is 7.50. The number of hydrogen-bond donors (Lipinski definition) is 1. The van der Waals surface area contributed by atoms with E-state index in [1.165, 1.54) is 0 Å². The van der Waals surface area contributed by atoms with Gasteiger partial charge in [0, 0.05) is 36.2 Å². The molecule has 0 bridgehead atoms. The molecule has 1 aliphatic rings. The zero-order valence-electron chi connectivity index (χ0n) is 10.4. The van der Waals surface area contributed by atoms with E-state index in [9.17, 15) is 8.42 Å². The summed E-state index contributed by atoms with van der Waals surface area (Å²) in [5.74, 6) is 0.496. The Morgan fingerprint density at radius 2 is 2.05 bits per heavy atom. The molecule has 2 N–H and O–H groups in total. The molecule has 0 unspecified atom stereocenters. The van der Waals surface area contributed by atoms with Gasteiger partial charge in [-0.25, -0.2) is 23.5 Å². The molecule has 0 radical (unpaired) electrons. The topological polar surface area (TPSA) is 98.4 Å². The maximum absolute atomic E-state index is 11.5. The zero-order valence-corrected chi connectivity index (χ0v) is 13.3. The van der Waals surface area contributed by atoms with E-state index in [-0.39, 0.29) is 6.10 Å². The van der Waals surface area contributed by atoms with Crippen molar-refractivity contribution in [3.05, 3.63) is 16.0 Å². The number of nitrogens with two attached hydrogens (primary N) is 1. The lowest BCUT2D eigenvalue weighted by atomic mass is 10.1. The molecule has 1 fully saturated rings. The first-order chi connectivity index (χ1) is 8.90. The zero-order chi connectivity index (χ0) is 14.0. The summed E-state index contributed by atoms with van der Waals surface area (Å²) in [6.45, 7) is 0.850. The van der Waals surface area contributed by atoms with E-state index in [1.807, 2.05) is 0 Å². The second kappa shape index (κ2) is 5.85. The van der Waals surface area contributed by atoms with Gasteiger partial charge in [-0.15, -0.1) is 0 Å². The van der Waals surface area contributed by atoms with Gasteiger partial charge in [0.15, 0.2) is 0 Å². The molecule has 1 aliphatic heterocycles. The molecule has 1 aromatic heterocycles. The molecular formula is C10H15IN4O3S. The Bertz CT molecular complexity index is 536. The average molecular weight is 398 g/mol. The number of aromatic nitrogens is 2. The molecule has 106 valence electrons. The molecule has 0 aliphatic carbocycles. The molecule has 2 rings (SSSR count). The Labute approximate surface area is 125 Å². The minimum atomic E-state index is -3.60. The van der Waals surface area contributed by atoms with E-state index in [0.717, 1.165) is 3.57 Å². The molecule has 2 heterocycles. The number of anilines is 1. The van der Waals surface area contributed by atoms with Crippen molar-refractivity contribution in [3.63, 3.8) is 0 Å². The Morgan fingerprint density at radius 3 is 2.58 bits per heavy atom. The summed E-state index contributed by atoms with van der Waals surface area (Å²) >= 11 is 2.11. The van der Waals surface area contributed by atoms with E-state index in [0.29, 0.717) is 25.5 Å². The molecule has 1 saturated heterocycles. The third kappa shape index (κ3) is 3.74. The molecule has 0 amide bonds. The smallest absolute Gasteiger partial charge is 0.225 e. The lowest BCUT2D eigenvalue weighted by molar-refractivity contribution is 0.0898. The van der Waals surface area contributed by atoms with Gasteiger partial charge in [-0.05, 0) is 29.0 Å². The summed E-state index contributed by atoms with van der Waals surface area (Å²) in [6, 6.07) is 0. The third-order valence-corrected chi connectivity index (χ3v) is 4.89. The van der Waals surface area contributed by atoms with E-state index in [4.69, 9.17) is 9.88 Å². The minimum Gasteiger partial charge on any atom is -0.380 e. The maximum Gasteiger partial charge on any atom is 0.225 e. The Hall–Kier alpha value is -0.520. The number of nitrogens with zero attached hydrogens (tertiary/aromatic N) is 3. The SMILES string of the molecule is CO[C@@H]1C[C@@H](S(N)(=O)=O)CN(c2ncc(I)cn2)C1. The highest BCUT2D eigenvalue weighted by Crippen LogP contribution is 2.21. The standard InChI is InChI=1S/C10H15IN4O3S/c1-18-8-2-9(19(12,16)17)6-15(5-8)10-13-3-7(11)4-14-10/h3-4,8-9H,2,5-6H2,1H3,(H2,12,16,17)/t8-,9-/m1/s1. The van der Waals surface area contributed by atoms with Crippen molar-refractivity contribution in [2.24, 2.45) is 5.14 Å². The second-order valence-electron chi connectivity index (χ2n) is 4.41. The van der Waals surface area contributed by atoms with Crippen LogP contribution >= 0.6 is 22.6 Å². The maximum atomic E-state index is 11.5. The van der Waals surface area contributed by atoms with Crippen LogP contribution in [0, 0.1) is 3.57 Å². The average Bonchev–Trinajstić information content (AvgIpc) is 2.38.